The maximum atomic E-state index is 13.2. The number of carbonyl (C=O) groups is 1. The van der Waals surface area contributed by atoms with Crippen molar-refractivity contribution in [3.05, 3.63) is 57.9 Å². The van der Waals surface area contributed by atoms with Crippen molar-refractivity contribution in [3.8, 4) is 11.4 Å². The van der Waals surface area contributed by atoms with Crippen molar-refractivity contribution >= 4 is 17.5 Å². The van der Waals surface area contributed by atoms with Crippen LogP contribution in [-0.2, 0) is 33.2 Å². The van der Waals surface area contributed by atoms with Crippen LogP contribution in [0.25, 0.3) is 11.4 Å². The maximum Gasteiger partial charge on any atom is 0.417 e. The number of alkyl halides is 3. The Kier molecular flexibility index (Phi) is 4.88. The first-order valence-electron chi connectivity index (χ1n) is 9.29. The fraction of sp³-hybridized carbons (Fsp3) is 0.350. The lowest BCUT2D eigenvalue weighted by molar-refractivity contribution is -0.137. The molecule has 0 saturated heterocycles. The quantitative estimate of drug-likeness (QED) is 0.607. The van der Waals surface area contributed by atoms with Crippen molar-refractivity contribution in [2.75, 3.05) is 0 Å². The van der Waals surface area contributed by atoms with Crippen LogP contribution in [0.2, 0.25) is 5.02 Å². The molecule has 3 aromatic rings. The van der Waals surface area contributed by atoms with E-state index >= 15 is 0 Å². The third-order valence-electron chi connectivity index (χ3n) is 5.38. The molecule has 0 saturated carbocycles. The summed E-state index contributed by atoms with van der Waals surface area (Å²) in [5, 5.41) is 8.40. The van der Waals surface area contributed by atoms with Crippen molar-refractivity contribution in [2.45, 2.75) is 32.1 Å². The largest absolute Gasteiger partial charge is 0.417 e. The van der Waals surface area contributed by atoms with Gasteiger partial charge in [-0.25, -0.2) is 0 Å². The number of aryl methyl sites for hydroxylation is 2. The van der Waals surface area contributed by atoms with Gasteiger partial charge in [0, 0.05) is 31.9 Å². The molecule has 0 radical (unpaired) electrons. The number of aromatic nitrogens is 4. The normalized spacial score (nSPS) is 16.6. The van der Waals surface area contributed by atoms with Crippen molar-refractivity contribution in [1.29, 1.82) is 0 Å². The molecule has 6 nitrogen and oxygen atoms in total. The van der Waals surface area contributed by atoms with Gasteiger partial charge in [-0.3, -0.25) is 14.2 Å². The molecule has 10 heteroatoms. The minimum atomic E-state index is -4.63. The average molecular weight is 438 g/mol. The minimum Gasteiger partial charge on any atom is -0.330 e. The Labute approximate surface area is 175 Å². The van der Waals surface area contributed by atoms with Gasteiger partial charge in [-0.1, -0.05) is 17.7 Å². The number of rotatable bonds is 2. The molecule has 1 atom stereocenters. The summed E-state index contributed by atoms with van der Waals surface area (Å²) in [6.45, 7) is 2.08. The van der Waals surface area contributed by atoms with E-state index in [9.17, 15) is 18.0 Å². The average Bonchev–Trinajstić information content (AvgIpc) is 3.23. The van der Waals surface area contributed by atoms with E-state index in [1.54, 1.807) is 16.4 Å². The number of fused-ring (bicyclic) bond motifs is 1. The molecular weight excluding hydrogens is 419 g/mol. The zero-order valence-corrected chi connectivity index (χ0v) is 17.3. The zero-order valence-electron chi connectivity index (χ0n) is 16.5. The van der Waals surface area contributed by atoms with Crippen molar-refractivity contribution < 1.29 is 18.0 Å². The summed E-state index contributed by atoms with van der Waals surface area (Å²) in [6.07, 6.45) is -2.29. The highest BCUT2D eigenvalue weighted by atomic mass is 35.5. The Bertz CT molecular complexity index is 1130. The molecule has 0 N–H and O–H groups in total. The molecule has 30 heavy (non-hydrogen) atoms. The van der Waals surface area contributed by atoms with E-state index in [1.807, 2.05) is 26.2 Å². The summed E-state index contributed by atoms with van der Waals surface area (Å²) < 4.78 is 43.0. The molecule has 158 valence electrons. The number of halogens is 4. The SMILES string of the molecule is CC1Cc2c(-c3ccn(C)n3)nn(C)c2CN1C(=O)c1cccc(C(F)(F)F)c1Cl. The van der Waals surface area contributed by atoms with Crippen LogP contribution in [0.5, 0.6) is 0 Å². The van der Waals surface area contributed by atoms with Gasteiger partial charge in [0.2, 0.25) is 0 Å². The van der Waals surface area contributed by atoms with Crippen LogP contribution in [0.3, 0.4) is 0 Å². The Morgan fingerprint density at radius 2 is 1.93 bits per heavy atom. The van der Waals surface area contributed by atoms with Gasteiger partial charge in [0.1, 0.15) is 11.4 Å². The molecule has 0 spiro atoms. The highest BCUT2D eigenvalue weighted by Gasteiger charge is 2.37. The monoisotopic (exact) mass is 437 g/mol. The predicted molar refractivity (Wildman–Crippen MR) is 105 cm³/mol. The first kappa shape index (κ1) is 20.5. The summed E-state index contributed by atoms with van der Waals surface area (Å²) >= 11 is 5.98. The molecule has 0 bridgehead atoms. The second-order valence-electron chi connectivity index (χ2n) is 7.42. The van der Waals surface area contributed by atoms with Crippen molar-refractivity contribution in [3.63, 3.8) is 0 Å². The fourth-order valence-corrected chi connectivity index (χ4v) is 4.14. The second-order valence-corrected chi connectivity index (χ2v) is 7.80. The number of benzene rings is 1. The van der Waals surface area contributed by atoms with Gasteiger partial charge in [-0.2, -0.15) is 23.4 Å². The van der Waals surface area contributed by atoms with Crippen LogP contribution in [0.15, 0.2) is 30.5 Å². The summed E-state index contributed by atoms with van der Waals surface area (Å²) in [6, 6.07) is 5.02. The molecule has 2 aromatic heterocycles. The lowest BCUT2D eigenvalue weighted by Gasteiger charge is -2.34. The van der Waals surface area contributed by atoms with E-state index in [0.717, 1.165) is 28.7 Å². The van der Waals surface area contributed by atoms with Crippen LogP contribution in [0.4, 0.5) is 13.2 Å². The summed E-state index contributed by atoms with van der Waals surface area (Å²) in [5.74, 6) is -0.537. The number of carbonyl (C=O) groups excluding carboxylic acids is 1. The van der Waals surface area contributed by atoms with Gasteiger partial charge in [0.25, 0.3) is 5.91 Å². The van der Waals surface area contributed by atoms with E-state index < -0.39 is 22.7 Å². The molecule has 1 aliphatic rings. The summed E-state index contributed by atoms with van der Waals surface area (Å²) in [4.78, 5) is 14.7. The topological polar surface area (TPSA) is 56.0 Å². The molecule has 4 rings (SSSR count). The Morgan fingerprint density at radius 3 is 2.57 bits per heavy atom. The summed E-state index contributed by atoms with van der Waals surface area (Å²) in [5.41, 5.74) is 2.13. The molecule has 0 aliphatic carbocycles. The lowest BCUT2D eigenvalue weighted by Crippen LogP contribution is -2.43. The smallest absolute Gasteiger partial charge is 0.330 e. The standard InChI is InChI=1S/C20H19ClF3N5O/c1-11-9-13-16(28(3)26-18(13)15-7-8-27(2)25-15)10-29(11)19(30)12-5-4-6-14(17(12)21)20(22,23)24/h4-8,11H,9-10H2,1-3H3. The van der Waals surface area contributed by atoms with Gasteiger partial charge in [-0.05, 0) is 31.5 Å². The molecule has 3 heterocycles. The Morgan fingerprint density at radius 1 is 1.20 bits per heavy atom. The number of amides is 1. The molecule has 1 aromatic carbocycles. The second kappa shape index (κ2) is 7.16. The van der Waals surface area contributed by atoms with Crippen LogP contribution in [0.1, 0.15) is 34.1 Å². The first-order valence-corrected chi connectivity index (χ1v) is 9.67. The third kappa shape index (κ3) is 3.36. The van der Waals surface area contributed by atoms with Gasteiger partial charge in [0.15, 0.2) is 0 Å². The molecule has 1 aliphatic heterocycles. The van der Waals surface area contributed by atoms with Crippen LogP contribution >= 0.6 is 11.6 Å². The van der Waals surface area contributed by atoms with Gasteiger partial charge >= 0.3 is 6.18 Å². The van der Waals surface area contributed by atoms with Gasteiger partial charge in [0.05, 0.1) is 28.4 Å². The number of hydrogen-bond acceptors (Lipinski definition) is 3. The van der Waals surface area contributed by atoms with E-state index in [0.29, 0.717) is 6.42 Å². The molecule has 1 amide bonds. The predicted octanol–water partition coefficient (Wildman–Crippen LogP) is 4.08. The zero-order chi connectivity index (χ0) is 21.8. The molecule has 1 unspecified atom stereocenters. The van der Waals surface area contributed by atoms with Crippen LogP contribution in [0, 0.1) is 0 Å². The third-order valence-corrected chi connectivity index (χ3v) is 5.79. The minimum absolute atomic E-state index is 0.158. The fourth-order valence-electron chi connectivity index (χ4n) is 3.83. The highest BCUT2D eigenvalue weighted by Crippen LogP contribution is 2.38. The van der Waals surface area contributed by atoms with Gasteiger partial charge in [-0.15, -0.1) is 0 Å². The molecular formula is C20H19ClF3N5O. The number of nitrogens with zero attached hydrogens (tertiary/aromatic N) is 5. The van der Waals surface area contributed by atoms with E-state index in [4.69, 9.17) is 11.6 Å². The Balaban J connectivity index is 1.70. The Hall–Kier alpha value is -2.81. The highest BCUT2D eigenvalue weighted by molar-refractivity contribution is 6.34. The first-order chi connectivity index (χ1) is 14.1. The van der Waals surface area contributed by atoms with E-state index in [-0.39, 0.29) is 18.2 Å². The summed E-state index contributed by atoms with van der Waals surface area (Å²) in [7, 11) is 3.60. The maximum absolute atomic E-state index is 13.2. The van der Waals surface area contributed by atoms with Crippen LogP contribution in [-0.4, -0.2) is 36.4 Å². The van der Waals surface area contributed by atoms with Crippen molar-refractivity contribution in [1.82, 2.24) is 24.5 Å². The van der Waals surface area contributed by atoms with E-state index in [1.165, 1.54) is 17.0 Å². The lowest BCUT2D eigenvalue weighted by atomic mass is 9.96. The van der Waals surface area contributed by atoms with E-state index in [2.05, 4.69) is 10.2 Å². The van der Waals surface area contributed by atoms with Gasteiger partial charge < -0.3 is 4.90 Å². The van der Waals surface area contributed by atoms with Crippen molar-refractivity contribution in [2.24, 2.45) is 14.1 Å². The van der Waals surface area contributed by atoms with Crippen LogP contribution < -0.4 is 0 Å². The number of hydrogen-bond donors (Lipinski definition) is 0. The molecule has 0 fully saturated rings.